The second-order valence-corrected chi connectivity index (χ2v) is 7.33. The topological polar surface area (TPSA) is 55.6 Å². The number of rotatable bonds is 1. The highest BCUT2D eigenvalue weighted by atomic mass is 79.9. The van der Waals surface area contributed by atoms with E-state index < -0.39 is 0 Å². The summed E-state index contributed by atoms with van der Waals surface area (Å²) in [6.07, 6.45) is 0.111. The molecule has 1 saturated heterocycles. The molecular formula is C15H17BrN2O2S. The first-order valence-corrected chi connectivity index (χ1v) is 8.49. The third-order valence-corrected chi connectivity index (χ3v) is 5.42. The lowest BCUT2D eigenvalue weighted by Gasteiger charge is -2.35. The van der Waals surface area contributed by atoms with Gasteiger partial charge in [0.2, 0.25) is 0 Å². The van der Waals surface area contributed by atoms with Gasteiger partial charge in [0.1, 0.15) is 4.88 Å². The maximum atomic E-state index is 12.8. The number of hydrogen-bond acceptors (Lipinski definition) is 4. The summed E-state index contributed by atoms with van der Waals surface area (Å²) in [7, 11) is 0. The number of carbonyl (C=O) groups is 1. The molecule has 1 aliphatic rings. The minimum atomic E-state index is 0.00241. The fourth-order valence-electron chi connectivity index (χ4n) is 2.78. The van der Waals surface area contributed by atoms with E-state index in [-0.39, 0.29) is 18.1 Å². The first-order valence-electron chi connectivity index (χ1n) is 6.88. The average molecular weight is 369 g/mol. The Morgan fingerprint density at radius 3 is 2.67 bits per heavy atom. The van der Waals surface area contributed by atoms with E-state index in [1.807, 2.05) is 36.9 Å². The fourth-order valence-corrected chi connectivity index (χ4v) is 4.60. The summed E-state index contributed by atoms with van der Waals surface area (Å²) < 4.78 is 7.64. The highest BCUT2D eigenvalue weighted by molar-refractivity contribution is 9.10. The van der Waals surface area contributed by atoms with E-state index >= 15 is 0 Å². The molecule has 0 bridgehead atoms. The van der Waals surface area contributed by atoms with Crippen molar-refractivity contribution in [1.29, 1.82) is 0 Å². The smallest absolute Gasteiger partial charge is 0.266 e. The van der Waals surface area contributed by atoms with E-state index in [0.717, 1.165) is 14.6 Å². The number of fused-ring (bicyclic) bond motifs is 1. The van der Waals surface area contributed by atoms with Gasteiger partial charge in [-0.15, -0.1) is 11.3 Å². The second-order valence-electron chi connectivity index (χ2n) is 5.43. The van der Waals surface area contributed by atoms with Gasteiger partial charge in [-0.05, 0) is 26.0 Å². The molecule has 0 saturated carbocycles. The van der Waals surface area contributed by atoms with Crippen molar-refractivity contribution in [3.63, 3.8) is 0 Å². The van der Waals surface area contributed by atoms with Crippen molar-refractivity contribution in [2.75, 3.05) is 18.8 Å². The Labute approximate surface area is 136 Å². The second kappa shape index (κ2) is 5.59. The Morgan fingerprint density at radius 2 is 2.05 bits per heavy atom. The molecular weight excluding hydrogens is 352 g/mol. The van der Waals surface area contributed by atoms with Crippen LogP contribution in [0.5, 0.6) is 0 Å². The molecule has 0 unspecified atom stereocenters. The van der Waals surface area contributed by atoms with Gasteiger partial charge in [-0.3, -0.25) is 4.79 Å². The molecule has 1 aromatic carbocycles. The number of nitrogens with two attached hydrogens (primary N) is 1. The molecule has 3 rings (SSSR count). The summed E-state index contributed by atoms with van der Waals surface area (Å²) >= 11 is 4.96. The lowest BCUT2D eigenvalue weighted by molar-refractivity contribution is -0.0584. The minimum Gasteiger partial charge on any atom is -0.397 e. The number of nitrogen functional groups attached to an aromatic ring is 1. The number of morpholine rings is 1. The summed E-state index contributed by atoms with van der Waals surface area (Å²) in [5, 5.41) is 0.931. The van der Waals surface area contributed by atoms with Crippen molar-refractivity contribution in [2.45, 2.75) is 26.1 Å². The summed E-state index contributed by atoms with van der Waals surface area (Å²) in [5.74, 6) is 0.00241. The van der Waals surface area contributed by atoms with E-state index in [9.17, 15) is 4.79 Å². The van der Waals surface area contributed by atoms with Gasteiger partial charge in [0, 0.05) is 27.6 Å². The van der Waals surface area contributed by atoms with E-state index in [1.165, 1.54) is 11.3 Å². The van der Waals surface area contributed by atoms with Gasteiger partial charge in [-0.25, -0.2) is 0 Å². The van der Waals surface area contributed by atoms with Crippen LogP contribution in [-0.2, 0) is 4.74 Å². The number of anilines is 1. The number of nitrogens with zero attached hydrogens (tertiary/aromatic N) is 1. The Kier molecular flexibility index (Phi) is 3.94. The largest absolute Gasteiger partial charge is 0.397 e. The monoisotopic (exact) mass is 368 g/mol. The predicted octanol–water partition coefficient (Wildman–Crippen LogP) is 3.50. The van der Waals surface area contributed by atoms with Gasteiger partial charge in [0.05, 0.1) is 17.9 Å². The van der Waals surface area contributed by atoms with Crippen LogP contribution in [0.25, 0.3) is 10.1 Å². The lowest BCUT2D eigenvalue weighted by Crippen LogP contribution is -2.48. The zero-order valence-corrected chi connectivity index (χ0v) is 14.3. The predicted molar refractivity (Wildman–Crippen MR) is 89.8 cm³/mol. The molecule has 1 amide bonds. The molecule has 2 N–H and O–H groups in total. The first kappa shape index (κ1) is 14.8. The zero-order chi connectivity index (χ0) is 15.1. The molecule has 0 aliphatic carbocycles. The highest BCUT2D eigenvalue weighted by Crippen LogP contribution is 2.38. The molecule has 2 aromatic rings. The Balaban J connectivity index is 1.98. The molecule has 112 valence electrons. The molecule has 6 heteroatoms. The summed E-state index contributed by atoms with van der Waals surface area (Å²) in [5.41, 5.74) is 6.79. The van der Waals surface area contributed by atoms with Crippen molar-refractivity contribution >= 4 is 48.9 Å². The fraction of sp³-hybridized carbons (Fsp3) is 0.400. The lowest BCUT2D eigenvalue weighted by atomic mass is 10.2. The van der Waals surface area contributed by atoms with Gasteiger partial charge in [0.15, 0.2) is 0 Å². The molecule has 2 atom stereocenters. The SMILES string of the molecule is C[C@@H]1CN(C(=O)c2sc3cccc(Br)c3c2N)C[C@H](C)O1. The number of benzene rings is 1. The van der Waals surface area contributed by atoms with Gasteiger partial charge in [-0.2, -0.15) is 0 Å². The molecule has 1 aromatic heterocycles. The molecule has 1 fully saturated rings. The van der Waals surface area contributed by atoms with Crippen LogP contribution in [0.4, 0.5) is 5.69 Å². The summed E-state index contributed by atoms with van der Waals surface area (Å²) in [6, 6.07) is 5.89. The van der Waals surface area contributed by atoms with Crippen LogP contribution in [0.1, 0.15) is 23.5 Å². The molecule has 0 radical (unpaired) electrons. The zero-order valence-electron chi connectivity index (χ0n) is 11.9. The maximum absolute atomic E-state index is 12.8. The van der Waals surface area contributed by atoms with E-state index in [1.54, 1.807) is 0 Å². The number of halogens is 1. The Hall–Kier alpha value is -1.11. The van der Waals surface area contributed by atoms with Crippen molar-refractivity contribution in [1.82, 2.24) is 4.90 Å². The van der Waals surface area contributed by atoms with Crippen molar-refractivity contribution in [2.24, 2.45) is 0 Å². The van der Waals surface area contributed by atoms with E-state index in [2.05, 4.69) is 15.9 Å². The first-order chi connectivity index (χ1) is 9.97. The number of ether oxygens (including phenoxy) is 1. The quantitative estimate of drug-likeness (QED) is 0.837. The van der Waals surface area contributed by atoms with Gasteiger partial charge in [-0.1, -0.05) is 22.0 Å². The van der Waals surface area contributed by atoms with Crippen LogP contribution in [0.3, 0.4) is 0 Å². The summed E-state index contributed by atoms with van der Waals surface area (Å²) in [6.45, 7) is 5.19. The Bertz CT molecular complexity index is 690. The Morgan fingerprint density at radius 1 is 1.38 bits per heavy atom. The van der Waals surface area contributed by atoms with Gasteiger partial charge < -0.3 is 15.4 Å². The van der Waals surface area contributed by atoms with Crippen LogP contribution < -0.4 is 5.73 Å². The van der Waals surface area contributed by atoms with E-state index in [0.29, 0.717) is 23.7 Å². The third-order valence-electron chi connectivity index (χ3n) is 3.60. The molecule has 1 aliphatic heterocycles. The van der Waals surface area contributed by atoms with Crippen LogP contribution in [0, 0.1) is 0 Å². The number of thiophene rings is 1. The van der Waals surface area contributed by atoms with Crippen molar-refractivity contribution < 1.29 is 9.53 Å². The number of carbonyl (C=O) groups excluding carboxylic acids is 1. The molecule has 4 nitrogen and oxygen atoms in total. The summed E-state index contributed by atoms with van der Waals surface area (Å²) in [4.78, 5) is 15.2. The van der Waals surface area contributed by atoms with Crippen LogP contribution >= 0.6 is 27.3 Å². The molecule has 2 heterocycles. The third kappa shape index (κ3) is 2.67. The van der Waals surface area contributed by atoms with Crippen LogP contribution in [0.15, 0.2) is 22.7 Å². The maximum Gasteiger partial charge on any atom is 0.266 e. The molecule has 0 spiro atoms. The van der Waals surface area contributed by atoms with Crippen LogP contribution in [0.2, 0.25) is 0 Å². The van der Waals surface area contributed by atoms with Crippen LogP contribution in [-0.4, -0.2) is 36.1 Å². The number of amides is 1. The van der Waals surface area contributed by atoms with Gasteiger partial charge in [0.25, 0.3) is 5.91 Å². The standard InChI is InChI=1S/C15H17BrN2O2S/c1-8-6-18(7-9(2)20-8)15(19)14-13(17)12-10(16)4-3-5-11(12)21-14/h3-5,8-9H,6-7,17H2,1-2H3/t8-,9+. The molecule has 21 heavy (non-hydrogen) atoms. The van der Waals surface area contributed by atoms with E-state index in [4.69, 9.17) is 10.5 Å². The van der Waals surface area contributed by atoms with Crippen molar-refractivity contribution in [3.8, 4) is 0 Å². The average Bonchev–Trinajstić information content (AvgIpc) is 2.75. The highest BCUT2D eigenvalue weighted by Gasteiger charge is 2.29. The van der Waals surface area contributed by atoms with Gasteiger partial charge >= 0.3 is 0 Å². The normalized spacial score (nSPS) is 22.7. The minimum absolute atomic E-state index is 0.00241. The van der Waals surface area contributed by atoms with Crippen molar-refractivity contribution in [3.05, 3.63) is 27.5 Å². The number of hydrogen-bond donors (Lipinski definition) is 1.